The number of rotatable bonds is 4. The number of fused-ring (bicyclic) bond motifs is 1. The van der Waals surface area contributed by atoms with Gasteiger partial charge in [0.25, 0.3) is 0 Å². The fourth-order valence-corrected chi connectivity index (χ4v) is 2.26. The van der Waals surface area contributed by atoms with Gasteiger partial charge in [0.2, 0.25) is 11.8 Å². The van der Waals surface area contributed by atoms with E-state index in [0.29, 0.717) is 12.5 Å². The lowest BCUT2D eigenvalue weighted by molar-refractivity contribution is -0.123. The number of carbonyl (C=O) groups is 2. The highest BCUT2D eigenvalue weighted by atomic mass is 16.2. The van der Waals surface area contributed by atoms with Gasteiger partial charge in [0, 0.05) is 6.54 Å². The minimum Gasteiger partial charge on any atom is -0.374 e. The van der Waals surface area contributed by atoms with E-state index < -0.39 is 0 Å². The number of amides is 2. The molecule has 5 heteroatoms. The summed E-state index contributed by atoms with van der Waals surface area (Å²) in [6.07, 6.45) is 0. The molecule has 0 unspecified atom stereocenters. The lowest BCUT2D eigenvalue weighted by atomic mass is 10.1. The quantitative estimate of drug-likeness (QED) is 0.889. The van der Waals surface area contributed by atoms with Crippen LogP contribution < -0.4 is 15.5 Å². The highest BCUT2D eigenvalue weighted by Crippen LogP contribution is 2.32. The van der Waals surface area contributed by atoms with Crippen LogP contribution in [0.5, 0.6) is 0 Å². The average Bonchev–Trinajstić information content (AvgIpc) is 2.42. The third kappa shape index (κ3) is 3.54. The monoisotopic (exact) mass is 289 g/mol. The SMILES string of the molecule is Cc1cc2c(cc1C)N(CC(=O)NCC(C)C)C(=O)CN2. The van der Waals surface area contributed by atoms with Gasteiger partial charge in [0.05, 0.1) is 17.9 Å². The predicted molar refractivity (Wildman–Crippen MR) is 84.6 cm³/mol. The lowest BCUT2D eigenvalue weighted by Gasteiger charge is -2.30. The summed E-state index contributed by atoms with van der Waals surface area (Å²) in [6, 6.07) is 3.99. The van der Waals surface area contributed by atoms with E-state index >= 15 is 0 Å². The number of aryl methyl sites for hydroxylation is 2. The second-order valence-electron chi connectivity index (χ2n) is 5.98. The van der Waals surface area contributed by atoms with Crippen molar-refractivity contribution in [1.29, 1.82) is 0 Å². The van der Waals surface area contributed by atoms with Gasteiger partial charge >= 0.3 is 0 Å². The average molecular weight is 289 g/mol. The van der Waals surface area contributed by atoms with Crippen LogP contribution in [0.4, 0.5) is 11.4 Å². The molecule has 0 saturated heterocycles. The van der Waals surface area contributed by atoms with Gasteiger partial charge < -0.3 is 10.6 Å². The fourth-order valence-electron chi connectivity index (χ4n) is 2.26. The van der Waals surface area contributed by atoms with Crippen molar-refractivity contribution in [2.45, 2.75) is 27.7 Å². The third-order valence-electron chi connectivity index (χ3n) is 3.64. The molecule has 2 N–H and O–H groups in total. The first-order valence-corrected chi connectivity index (χ1v) is 7.30. The zero-order valence-electron chi connectivity index (χ0n) is 13.1. The van der Waals surface area contributed by atoms with E-state index in [0.717, 1.165) is 16.9 Å². The molecule has 2 rings (SSSR count). The maximum absolute atomic E-state index is 12.1. The standard InChI is InChI=1S/C16H23N3O2/c1-10(2)7-18-15(20)9-19-14-6-12(4)11(3)5-13(14)17-8-16(19)21/h5-6,10,17H,7-9H2,1-4H3,(H,18,20). The molecule has 0 saturated carbocycles. The molecule has 1 heterocycles. The highest BCUT2D eigenvalue weighted by Gasteiger charge is 2.26. The summed E-state index contributed by atoms with van der Waals surface area (Å²) in [6.45, 7) is 9.04. The number of hydrogen-bond donors (Lipinski definition) is 2. The molecule has 1 aromatic carbocycles. The number of nitrogens with one attached hydrogen (secondary N) is 2. The largest absolute Gasteiger partial charge is 0.374 e. The first-order chi connectivity index (χ1) is 9.88. The summed E-state index contributed by atoms with van der Waals surface area (Å²) in [4.78, 5) is 25.7. The van der Waals surface area contributed by atoms with E-state index in [1.807, 2.05) is 39.8 Å². The molecule has 0 bridgehead atoms. The Balaban J connectivity index is 2.18. The Morgan fingerprint density at radius 2 is 2.00 bits per heavy atom. The van der Waals surface area contributed by atoms with Crippen LogP contribution in [0.3, 0.4) is 0 Å². The van der Waals surface area contributed by atoms with Crippen molar-refractivity contribution >= 4 is 23.2 Å². The smallest absolute Gasteiger partial charge is 0.246 e. The Hall–Kier alpha value is -2.04. The van der Waals surface area contributed by atoms with Crippen molar-refractivity contribution in [3.63, 3.8) is 0 Å². The predicted octanol–water partition coefficient (Wildman–Crippen LogP) is 1.83. The van der Waals surface area contributed by atoms with Crippen LogP contribution in [-0.2, 0) is 9.59 Å². The van der Waals surface area contributed by atoms with Gasteiger partial charge in [0.15, 0.2) is 0 Å². The fraction of sp³-hybridized carbons (Fsp3) is 0.500. The van der Waals surface area contributed by atoms with Crippen molar-refractivity contribution in [1.82, 2.24) is 5.32 Å². The van der Waals surface area contributed by atoms with Crippen molar-refractivity contribution in [2.24, 2.45) is 5.92 Å². The van der Waals surface area contributed by atoms with Gasteiger partial charge in [0.1, 0.15) is 6.54 Å². The van der Waals surface area contributed by atoms with E-state index in [1.54, 1.807) is 4.90 Å². The number of benzene rings is 1. The number of carbonyl (C=O) groups excluding carboxylic acids is 2. The molecule has 0 aromatic heterocycles. The molecule has 0 aliphatic carbocycles. The van der Waals surface area contributed by atoms with Crippen molar-refractivity contribution < 1.29 is 9.59 Å². The summed E-state index contributed by atoms with van der Waals surface area (Å²) < 4.78 is 0. The molecular weight excluding hydrogens is 266 g/mol. The molecular formula is C16H23N3O2. The van der Waals surface area contributed by atoms with Gasteiger partial charge in [-0.15, -0.1) is 0 Å². The molecule has 114 valence electrons. The normalized spacial score (nSPS) is 14.0. The lowest BCUT2D eigenvalue weighted by Crippen LogP contribution is -2.46. The topological polar surface area (TPSA) is 61.4 Å². The second kappa shape index (κ2) is 6.16. The Kier molecular flexibility index (Phi) is 4.50. The summed E-state index contributed by atoms with van der Waals surface area (Å²) in [5, 5.41) is 5.96. The van der Waals surface area contributed by atoms with Crippen molar-refractivity contribution in [3.8, 4) is 0 Å². The second-order valence-corrected chi connectivity index (χ2v) is 5.98. The Bertz CT molecular complexity index is 567. The van der Waals surface area contributed by atoms with Crippen LogP contribution in [0.15, 0.2) is 12.1 Å². The van der Waals surface area contributed by atoms with Gasteiger partial charge in [-0.25, -0.2) is 0 Å². The zero-order valence-corrected chi connectivity index (χ0v) is 13.1. The van der Waals surface area contributed by atoms with Gasteiger partial charge in [-0.3, -0.25) is 14.5 Å². The minimum atomic E-state index is -0.122. The van der Waals surface area contributed by atoms with E-state index in [4.69, 9.17) is 0 Å². The van der Waals surface area contributed by atoms with Crippen molar-refractivity contribution in [3.05, 3.63) is 23.3 Å². The summed E-state index contributed by atoms with van der Waals surface area (Å²) >= 11 is 0. The third-order valence-corrected chi connectivity index (χ3v) is 3.64. The maximum Gasteiger partial charge on any atom is 0.246 e. The summed E-state index contributed by atoms with van der Waals surface area (Å²) in [5.74, 6) is 0.193. The van der Waals surface area contributed by atoms with Crippen LogP contribution >= 0.6 is 0 Å². The zero-order chi connectivity index (χ0) is 15.6. The molecule has 5 nitrogen and oxygen atoms in total. The number of hydrogen-bond acceptors (Lipinski definition) is 3. The van der Waals surface area contributed by atoms with Crippen LogP contribution in [0.1, 0.15) is 25.0 Å². The number of nitrogens with zero attached hydrogens (tertiary/aromatic N) is 1. The molecule has 1 aliphatic rings. The molecule has 2 amide bonds. The van der Waals surface area contributed by atoms with Gasteiger partial charge in [-0.2, -0.15) is 0 Å². The first kappa shape index (κ1) is 15.4. The summed E-state index contributed by atoms with van der Waals surface area (Å²) in [5.41, 5.74) is 3.97. The Morgan fingerprint density at radius 1 is 1.33 bits per heavy atom. The van der Waals surface area contributed by atoms with Gasteiger partial charge in [-0.05, 0) is 43.0 Å². The number of anilines is 2. The minimum absolute atomic E-state index is 0.0722. The van der Waals surface area contributed by atoms with E-state index in [9.17, 15) is 9.59 Å². The highest BCUT2D eigenvalue weighted by molar-refractivity contribution is 6.06. The van der Waals surface area contributed by atoms with E-state index in [-0.39, 0.29) is 24.9 Å². The molecule has 1 aromatic rings. The van der Waals surface area contributed by atoms with Crippen LogP contribution in [-0.4, -0.2) is 31.4 Å². The van der Waals surface area contributed by atoms with E-state index in [2.05, 4.69) is 10.6 Å². The van der Waals surface area contributed by atoms with Crippen molar-refractivity contribution in [2.75, 3.05) is 29.9 Å². The van der Waals surface area contributed by atoms with Crippen LogP contribution in [0, 0.1) is 19.8 Å². The first-order valence-electron chi connectivity index (χ1n) is 7.30. The Morgan fingerprint density at radius 3 is 2.67 bits per heavy atom. The van der Waals surface area contributed by atoms with Crippen LogP contribution in [0.2, 0.25) is 0 Å². The van der Waals surface area contributed by atoms with Crippen LogP contribution in [0.25, 0.3) is 0 Å². The maximum atomic E-state index is 12.1. The molecule has 0 spiro atoms. The van der Waals surface area contributed by atoms with E-state index in [1.165, 1.54) is 5.56 Å². The molecule has 21 heavy (non-hydrogen) atoms. The van der Waals surface area contributed by atoms with Gasteiger partial charge in [-0.1, -0.05) is 13.8 Å². The Labute approximate surface area is 125 Å². The summed E-state index contributed by atoms with van der Waals surface area (Å²) in [7, 11) is 0. The molecule has 0 atom stereocenters. The molecule has 0 radical (unpaired) electrons. The molecule has 1 aliphatic heterocycles. The molecule has 0 fully saturated rings.